The molecule has 74 valence electrons. The molecule has 0 N–H and O–H groups in total. The third kappa shape index (κ3) is 2.64. The molecule has 1 heterocycles. The number of amides is 1. The van der Waals surface area contributed by atoms with Gasteiger partial charge in [0.2, 0.25) is 5.91 Å². The minimum Gasteiger partial charge on any atom is -0.341 e. The van der Waals surface area contributed by atoms with E-state index in [2.05, 4.69) is 10.0 Å². The fourth-order valence-electron chi connectivity index (χ4n) is 1.53. The van der Waals surface area contributed by atoms with E-state index in [-0.39, 0.29) is 11.8 Å². The van der Waals surface area contributed by atoms with Crippen molar-refractivity contribution in [1.82, 2.24) is 4.90 Å². The fraction of sp³-hybridized carbons (Fsp3) is 0.750. The molecule has 0 spiro atoms. The van der Waals surface area contributed by atoms with Gasteiger partial charge in [-0.2, -0.15) is 5.26 Å². The Morgan fingerprint density at radius 1 is 1.79 bits per heavy atom. The van der Waals surface area contributed by atoms with Crippen LogP contribution in [-0.2, 0) is 4.79 Å². The second-order valence-corrected chi connectivity index (χ2v) is 3.23. The third-order valence-electron chi connectivity index (χ3n) is 2.19. The maximum Gasteiger partial charge on any atom is 0.222 e. The van der Waals surface area contributed by atoms with Gasteiger partial charge >= 0.3 is 0 Å². The van der Waals surface area contributed by atoms with E-state index in [1.54, 1.807) is 4.90 Å². The number of likely N-dealkylation sites (tertiary alicyclic amines) is 1. The second-order valence-electron chi connectivity index (χ2n) is 3.23. The van der Waals surface area contributed by atoms with Crippen LogP contribution in [0.15, 0.2) is 5.11 Å². The van der Waals surface area contributed by atoms with Gasteiger partial charge in [-0.1, -0.05) is 5.11 Å². The molecule has 1 aliphatic rings. The molecule has 6 heteroatoms. The first-order chi connectivity index (χ1) is 6.77. The zero-order valence-corrected chi connectivity index (χ0v) is 7.76. The third-order valence-corrected chi connectivity index (χ3v) is 2.19. The Labute approximate surface area is 81.7 Å². The molecule has 0 aromatic heterocycles. The molecule has 1 unspecified atom stereocenters. The molecule has 0 radical (unpaired) electrons. The summed E-state index contributed by atoms with van der Waals surface area (Å²) in [6, 6.07) is 2.00. The Morgan fingerprint density at radius 2 is 2.57 bits per heavy atom. The van der Waals surface area contributed by atoms with Gasteiger partial charge in [0.05, 0.1) is 12.5 Å². The zero-order chi connectivity index (χ0) is 10.4. The van der Waals surface area contributed by atoms with Crippen LogP contribution in [-0.4, -0.2) is 30.4 Å². The molecule has 0 aliphatic carbocycles. The molecule has 1 rings (SSSR count). The predicted molar refractivity (Wildman–Crippen MR) is 48.9 cm³/mol. The van der Waals surface area contributed by atoms with Gasteiger partial charge in [0.15, 0.2) is 0 Å². The van der Waals surface area contributed by atoms with Gasteiger partial charge in [0.25, 0.3) is 0 Å². The summed E-state index contributed by atoms with van der Waals surface area (Å²) in [4.78, 5) is 15.6. The van der Waals surface area contributed by atoms with Crippen molar-refractivity contribution in [3.63, 3.8) is 0 Å². The summed E-state index contributed by atoms with van der Waals surface area (Å²) in [5.41, 5.74) is 8.12. The van der Waals surface area contributed by atoms with E-state index in [4.69, 9.17) is 10.8 Å². The van der Waals surface area contributed by atoms with Gasteiger partial charge in [-0.15, -0.1) is 0 Å². The number of azide groups is 1. The molecule has 1 amide bonds. The molecule has 1 aliphatic heterocycles. The molecule has 1 saturated heterocycles. The van der Waals surface area contributed by atoms with Crippen LogP contribution < -0.4 is 0 Å². The minimum absolute atomic E-state index is 0.0541. The summed E-state index contributed by atoms with van der Waals surface area (Å²) in [5, 5.41) is 11.8. The summed E-state index contributed by atoms with van der Waals surface area (Å²) in [6.07, 6.45) is 0.796. The van der Waals surface area contributed by atoms with Gasteiger partial charge in [-0.3, -0.25) is 4.79 Å². The highest BCUT2D eigenvalue weighted by atomic mass is 16.2. The van der Waals surface area contributed by atoms with Crippen molar-refractivity contribution in [2.45, 2.75) is 12.8 Å². The number of hydrogen-bond acceptors (Lipinski definition) is 3. The number of nitriles is 1. The zero-order valence-electron chi connectivity index (χ0n) is 7.76. The maximum absolute atomic E-state index is 11.3. The molecule has 1 atom stereocenters. The van der Waals surface area contributed by atoms with Crippen LogP contribution in [0.2, 0.25) is 0 Å². The molecular weight excluding hydrogens is 182 g/mol. The number of rotatable bonds is 4. The number of nitrogens with zero attached hydrogens (tertiary/aromatic N) is 5. The average Bonchev–Trinajstić information content (AvgIpc) is 2.53. The van der Waals surface area contributed by atoms with Crippen molar-refractivity contribution in [2.24, 2.45) is 11.0 Å². The van der Waals surface area contributed by atoms with Crippen molar-refractivity contribution in [3.8, 4) is 6.07 Å². The molecular formula is C8H11N5O. The summed E-state index contributed by atoms with van der Waals surface area (Å²) < 4.78 is 0. The smallest absolute Gasteiger partial charge is 0.222 e. The highest BCUT2D eigenvalue weighted by Gasteiger charge is 2.28. The number of carbonyl (C=O) groups excluding carboxylic acids is 1. The lowest BCUT2D eigenvalue weighted by atomic mass is 10.1. The fourth-order valence-corrected chi connectivity index (χ4v) is 1.53. The predicted octanol–water partition coefficient (Wildman–Crippen LogP) is 1.06. The van der Waals surface area contributed by atoms with E-state index in [0.717, 1.165) is 0 Å². The largest absolute Gasteiger partial charge is 0.341 e. The van der Waals surface area contributed by atoms with Gasteiger partial charge in [-0.25, -0.2) is 0 Å². The van der Waals surface area contributed by atoms with Gasteiger partial charge in [-0.05, 0) is 11.4 Å². The lowest BCUT2D eigenvalue weighted by Crippen LogP contribution is -2.26. The van der Waals surface area contributed by atoms with Gasteiger partial charge < -0.3 is 4.90 Å². The average molecular weight is 193 g/mol. The molecule has 1 fully saturated rings. The number of hydrogen-bond donors (Lipinski definition) is 0. The molecule has 0 saturated carbocycles. The van der Waals surface area contributed by atoms with Gasteiger partial charge in [0, 0.05) is 31.0 Å². The van der Waals surface area contributed by atoms with Crippen LogP contribution in [0.4, 0.5) is 0 Å². The summed E-state index contributed by atoms with van der Waals surface area (Å²) in [5.74, 6) is 0.176. The first-order valence-electron chi connectivity index (χ1n) is 4.43. The number of carbonyl (C=O) groups is 1. The maximum atomic E-state index is 11.3. The molecule has 0 bridgehead atoms. The van der Waals surface area contributed by atoms with Crippen molar-refractivity contribution in [2.75, 3.05) is 19.6 Å². The van der Waals surface area contributed by atoms with Crippen LogP contribution in [0, 0.1) is 17.2 Å². The summed E-state index contributed by atoms with van der Waals surface area (Å²) >= 11 is 0. The van der Waals surface area contributed by atoms with Crippen molar-refractivity contribution in [3.05, 3.63) is 10.4 Å². The highest BCUT2D eigenvalue weighted by molar-refractivity contribution is 5.78. The van der Waals surface area contributed by atoms with E-state index < -0.39 is 0 Å². The lowest BCUT2D eigenvalue weighted by molar-refractivity contribution is -0.127. The van der Waals surface area contributed by atoms with Crippen molar-refractivity contribution in [1.29, 1.82) is 5.26 Å². The van der Waals surface area contributed by atoms with Crippen LogP contribution >= 0.6 is 0 Å². The Balaban J connectivity index is 2.39. The lowest BCUT2D eigenvalue weighted by Gasteiger charge is -2.13. The SMILES string of the molecule is N#CCCN1CC(CN=[N+]=[N-])CC1=O. The van der Waals surface area contributed by atoms with Crippen LogP contribution in [0.1, 0.15) is 12.8 Å². The Kier molecular flexibility index (Phi) is 3.77. The van der Waals surface area contributed by atoms with E-state index in [1.807, 2.05) is 6.07 Å². The standard InChI is InChI=1S/C8H11N5O/c9-2-1-3-13-6-7(4-8(13)14)5-11-12-10/h7H,1,3-6H2. The minimum atomic E-state index is 0.0541. The Hall–Kier alpha value is -1.73. The first kappa shape index (κ1) is 10.4. The molecule has 0 aromatic rings. The monoisotopic (exact) mass is 193 g/mol. The first-order valence-corrected chi connectivity index (χ1v) is 4.43. The van der Waals surface area contributed by atoms with E-state index in [0.29, 0.717) is 32.5 Å². The van der Waals surface area contributed by atoms with Crippen molar-refractivity contribution < 1.29 is 4.79 Å². The molecule has 0 aromatic carbocycles. The Bertz CT molecular complexity index is 301. The normalized spacial score (nSPS) is 20.4. The van der Waals surface area contributed by atoms with Crippen LogP contribution in [0.25, 0.3) is 10.4 Å². The Morgan fingerprint density at radius 3 is 3.21 bits per heavy atom. The van der Waals surface area contributed by atoms with E-state index >= 15 is 0 Å². The van der Waals surface area contributed by atoms with E-state index in [9.17, 15) is 4.79 Å². The van der Waals surface area contributed by atoms with Crippen molar-refractivity contribution >= 4 is 5.91 Å². The quantitative estimate of drug-likeness (QED) is 0.379. The van der Waals surface area contributed by atoms with E-state index in [1.165, 1.54) is 0 Å². The molecule has 6 nitrogen and oxygen atoms in total. The topological polar surface area (TPSA) is 92.9 Å². The second kappa shape index (κ2) is 5.10. The van der Waals surface area contributed by atoms with Crippen LogP contribution in [0.3, 0.4) is 0 Å². The van der Waals surface area contributed by atoms with Gasteiger partial charge in [0.1, 0.15) is 0 Å². The summed E-state index contributed by atoms with van der Waals surface area (Å²) in [6.45, 7) is 1.47. The summed E-state index contributed by atoms with van der Waals surface area (Å²) in [7, 11) is 0. The van der Waals surface area contributed by atoms with Crippen LogP contribution in [0.5, 0.6) is 0 Å². The molecule has 14 heavy (non-hydrogen) atoms. The highest BCUT2D eigenvalue weighted by Crippen LogP contribution is 2.17.